The molecule has 0 aliphatic carbocycles. The van der Waals surface area contributed by atoms with E-state index >= 15 is 0 Å². The van der Waals surface area contributed by atoms with Gasteiger partial charge in [-0.05, 0) is 38.0 Å². The Bertz CT molecular complexity index is 494. The maximum absolute atomic E-state index is 12.7. The molecule has 22 heavy (non-hydrogen) atoms. The minimum Gasteiger partial charge on any atom is -0.396 e. The van der Waals surface area contributed by atoms with Crippen molar-refractivity contribution in [2.24, 2.45) is 17.8 Å². The van der Waals surface area contributed by atoms with Crippen LogP contribution < -0.4 is 0 Å². The van der Waals surface area contributed by atoms with Gasteiger partial charge in [0.15, 0.2) is 0 Å². The summed E-state index contributed by atoms with van der Waals surface area (Å²) in [4.78, 5) is 14.6. The summed E-state index contributed by atoms with van der Waals surface area (Å²) in [5.74, 6) is 0.433. The van der Waals surface area contributed by atoms with E-state index in [0.717, 1.165) is 19.3 Å². The Morgan fingerprint density at radius 2 is 2.00 bits per heavy atom. The lowest BCUT2D eigenvalue weighted by molar-refractivity contribution is -0.140. The Labute approximate surface area is 133 Å². The predicted molar refractivity (Wildman–Crippen MR) is 84.7 cm³/mol. The first kappa shape index (κ1) is 17.7. The number of carbonyl (C=O) groups is 1. The van der Waals surface area contributed by atoms with E-state index in [1.165, 1.54) is 4.31 Å². The number of nitrogens with zero attached hydrogens (tertiary/aromatic N) is 2. The number of hydrogen-bond donors (Lipinski definition) is 1. The molecule has 0 aromatic rings. The second-order valence-electron chi connectivity index (χ2n) is 6.73. The molecule has 2 aliphatic heterocycles. The lowest BCUT2D eigenvalue weighted by atomic mass is 9.89. The predicted octanol–water partition coefficient (Wildman–Crippen LogP) is 0.525. The molecule has 1 N–H and O–H groups in total. The van der Waals surface area contributed by atoms with Gasteiger partial charge in [0, 0.05) is 32.8 Å². The van der Waals surface area contributed by atoms with Crippen molar-refractivity contribution in [3.63, 3.8) is 0 Å². The Kier molecular flexibility index (Phi) is 5.85. The van der Waals surface area contributed by atoms with Gasteiger partial charge in [0.05, 0.1) is 11.7 Å². The van der Waals surface area contributed by atoms with E-state index in [2.05, 4.69) is 6.92 Å². The summed E-state index contributed by atoms with van der Waals surface area (Å²) >= 11 is 0. The number of carbonyl (C=O) groups excluding carboxylic acids is 1. The summed E-state index contributed by atoms with van der Waals surface area (Å²) in [6, 6.07) is 0. The highest BCUT2D eigenvalue weighted by Crippen LogP contribution is 2.26. The zero-order valence-corrected chi connectivity index (χ0v) is 14.4. The molecule has 7 heteroatoms. The van der Waals surface area contributed by atoms with E-state index in [9.17, 15) is 18.3 Å². The van der Waals surface area contributed by atoms with Crippen LogP contribution in [-0.4, -0.2) is 67.2 Å². The van der Waals surface area contributed by atoms with Crippen LogP contribution in [0.1, 0.15) is 33.1 Å². The lowest BCUT2D eigenvalue weighted by Crippen LogP contribution is -2.51. The Hall–Kier alpha value is -0.660. The van der Waals surface area contributed by atoms with Crippen LogP contribution in [0.15, 0.2) is 0 Å². The number of piperidine rings is 2. The molecule has 2 rings (SSSR count). The van der Waals surface area contributed by atoms with Gasteiger partial charge in [0.25, 0.3) is 0 Å². The van der Waals surface area contributed by atoms with Crippen LogP contribution >= 0.6 is 0 Å². The fourth-order valence-electron chi connectivity index (χ4n) is 3.63. The number of rotatable bonds is 4. The molecule has 0 bridgehead atoms. The van der Waals surface area contributed by atoms with Crippen molar-refractivity contribution in [3.05, 3.63) is 0 Å². The third-order valence-corrected chi connectivity index (χ3v) is 6.66. The van der Waals surface area contributed by atoms with Gasteiger partial charge in [-0.2, -0.15) is 0 Å². The molecule has 3 unspecified atom stereocenters. The summed E-state index contributed by atoms with van der Waals surface area (Å²) < 4.78 is 25.5. The topological polar surface area (TPSA) is 77.9 Å². The fourth-order valence-corrected chi connectivity index (χ4v) is 4.81. The van der Waals surface area contributed by atoms with Crippen LogP contribution in [-0.2, 0) is 14.8 Å². The summed E-state index contributed by atoms with van der Waals surface area (Å²) in [5, 5.41) is 9.37. The van der Waals surface area contributed by atoms with Crippen LogP contribution in [0.25, 0.3) is 0 Å². The molecule has 128 valence electrons. The van der Waals surface area contributed by atoms with Gasteiger partial charge in [-0.25, -0.2) is 12.7 Å². The molecule has 0 spiro atoms. The highest BCUT2D eigenvalue weighted by molar-refractivity contribution is 7.89. The van der Waals surface area contributed by atoms with E-state index in [1.807, 2.05) is 4.90 Å². The first-order chi connectivity index (χ1) is 10.4. The molecule has 2 aliphatic rings. The minimum absolute atomic E-state index is 0.0565. The van der Waals surface area contributed by atoms with E-state index in [1.54, 1.807) is 6.92 Å². The fraction of sp³-hybridized carbons (Fsp3) is 0.933. The lowest BCUT2D eigenvalue weighted by Gasteiger charge is -2.39. The van der Waals surface area contributed by atoms with Crippen molar-refractivity contribution >= 4 is 15.9 Å². The Morgan fingerprint density at radius 3 is 2.64 bits per heavy atom. The van der Waals surface area contributed by atoms with Crippen molar-refractivity contribution in [2.45, 2.75) is 33.1 Å². The van der Waals surface area contributed by atoms with Crippen LogP contribution in [0.4, 0.5) is 0 Å². The Balaban J connectivity index is 2.02. The summed E-state index contributed by atoms with van der Waals surface area (Å²) in [5.41, 5.74) is 0. The molecular formula is C15H28N2O4S. The van der Waals surface area contributed by atoms with Gasteiger partial charge in [-0.3, -0.25) is 4.79 Å². The van der Waals surface area contributed by atoms with Crippen molar-refractivity contribution in [3.8, 4) is 0 Å². The number of hydrogen-bond acceptors (Lipinski definition) is 4. The summed E-state index contributed by atoms with van der Waals surface area (Å²) in [6.07, 6.45) is 2.44. The average molecular weight is 332 g/mol. The van der Waals surface area contributed by atoms with E-state index < -0.39 is 10.0 Å². The summed E-state index contributed by atoms with van der Waals surface area (Å²) in [7, 11) is -3.22. The maximum Gasteiger partial charge on any atom is 0.227 e. The van der Waals surface area contributed by atoms with Crippen LogP contribution in [0.3, 0.4) is 0 Å². The minimum atomic E-state index is -3.22. The van der Waals surface area contributed by atoms with Crippen molar-refractivity contribution in [2.75, 3.05) is 38.5 Å². The average Bonchev–Trinajstić information content (AvgIpc) is 2.53. The number of likely N-dealkylation sites (tertiary alicyclic amines) is 1. The monoisotopic (exact) mass is 332 g/mol. The van der Waals surface area contributed by atoms with Crippen LogP contribution in [0.5, 0.6) is 0 Å². The SMILES string of the molecule is CCS(=O)(=O)N1CCCC(C(=O)N2CC(C)CC(CO)C2)C1. The molecule has 0 aromatic carbocycles. The van der Waals surface area contributed by atoms with Crippen LogP contribution in [0.2, 0.25) is 0 Å². The zero-order chi connectivity index (χ0) is 16.3. The second-order valence-corrected chi connectivity index (χ2v) is 8.99. The van der Waals surface area contributed by atoms with Crippen molar-refractivity contribution in [1.29, 1.82) is 0 Å². The molecule has 3 atom stereocenters. The number of amides is 1. The summed E-state index contributed by atoms with van der Waals surface area (Å²) in [6.45, 7) is 5.98. The maximum atomic E-state index is 12.7. The molecule has 2 saturated heterocycles. The van der Waals surface area contributed by atoms with Gasteiger partial charge < -0.3 is 10.0 Å². The number of sulfonamides is 1. The van der Waals surface area contributed by atoms with Crippen molar-refractivity contribution in [1.82, 2.24) is 9.21 Å². The van der Waals surface area contributed by atoms with Gasteiger partial charge in [0.2, 0.25) is 15.9 Å². The number of aliphatic hydroxyl groups excluding tert-OH is 1. The largest absolute Gasteiger partial charge is 0.396 e. The highest BCUT2D eigenvalue weighted by atomic mass is 32.2. The molecular weight excluding hydrogens is 304 g/mol. The standard InChI is InChI=1S/C15H28N2O4S/c1-3-22(20,21)17-6-4-5-14(10-17)15(19)16-8-12(2)7-13(9-16)11-18/h12-14,18H,3-11H2,1-2H3. The van der Waals surface area contributed by atoms with E-state index in [-0.39, 0.29) is 30.1 Å². The quantitative estimate of drug-likeness (QED) is 0.814. The van der Waals surface area contributed by atoms with Gasteiger partial charge in [-0.1, -0.05) is 6.92 Å². The number of aliphatic hydroxyl groups is 1. The molecule has 0 radical (unpaired) electrons. The zero-order valence-electron chi connectivity index (χ0n) is 13.6. The van der Waals surface area contributed by atoms with E-state index in [0.29, 0.717) is 32.1 Å². The molecule has 0 aromatic heterocycles. The smallest absolute Gasteiger partial charge is 0.227 e. The highest BCUT2D eigenvalue weighted by Gasteiger charge is 2.36. The van der Waals surface area contributed by atoms with Gasteiger partial charge >= 0.3 is 0 Å². The van der Waals surface area contributed by atoms with Gasteiger partial charge in [-0.15, -0.1) is 0 Å². The van der Waals surface area contributed by atoms with E-state index in [4.69, 9.17) is 0 Å². The van der Waals surface area contributed by atoms with Crippen molar-refractivity contribution < 1.29 is 18.3 Å². The Morgan fingerprint density at radius 1 is 1.27 bits per heavy atom. The third kappa shape index (κ3) is 4.00. The third-order valence-electron chi connectivity index (χ3n) is 4.81. The normalized spacial score (nSPS) is 31.2. The first-order valence-corrected chi connectivity index (χ1v) is 9.85. The first-order valence-electron chi connectivity index (χ1n) is 8.24. The second kappa shape index (κ2) is 7.27. The molecule has 1 amide bonds. The van der Waals surface area contributed by atoms with Crippen LogP contribution in [0, 0.1) is 17.8 Å². The molecule has 2 fully saturated rings. The molecule has 2 heterocycles. The molecule has 0 saturated carbocycles. The molecule has 6 nitrogen and oxygen atoms in total. The van der Waals surface area contributed by atoms with Gasteiger partial charge in [0.1, 0.15) is 0 Å².